The van der Waals surface area contributed by atoms with E-state index in [0.29, 0.717) is 18.4 Å². The van der Waals surface area contributed by atoms with E-state index in [1.807, 2.05) is 0 Å². The topological polar surface area (TPSA) is 35.5 Å². The SMILES string of the molecule is O=Cc1ccc(OC(F)F)c(OCc2ccc(F)c(C(F)(F)F)c2)c1. The Morgan fingerprint density at radius 2 is 1.76 bits per heavy atom. The summed E-state index contributed by atoms with van der Waals surface area (Å²) in [6.45, 7) is -3.64. The van der Waals surface area contributed by atoms with E-state index in [1.165, 1.54) is 6.07 Å². The van der Waals surface area contributed by atoms with Gasteiger partial charge in [-0.25, -0.2) is 4.39 Å². The Bertz CT molecular complexity index is 758. The summed E-state index contributed by atoms with van der Waals surface area (Å²) in [6.07, 6.45) is -4.46. The van der Waals surface area contributed by atoms with E-state index in [4.69, 9.17) is 4.74 Å². The van der Waals surface area contributed by atoms with Crippen LogP contribution in [0.5, 0.6) is 11.5 Å². The first-order valence-electron chi connectivity index (χ1n) is 6.73. The molecule has 0 heterocycles. The van der Waals surface area contributed by atoms with Crippen LogP contribution in [-0.4, -0.2) is 12.9 Å². The van der Waals surface area contributed by atoms with Gasteiger partial charge in [-0.05, 0) is 35.9 Å². The van der Waals surface area contributed by atoms with Gasteiger partial charge in [0, 0.05) is 5.56 Å². The van der Waals surface area contributed by atoms with E-state index in [0.717, 1.165) is 18.2 Å². The zero-order chi connectivity index (χ0) is 18.6. The zero-order valence-corrected chi connectivity index (χ0v) is 12.3. The molecule has 25 heavy (non-hydrogen) atoms. The maximum Gasteiger partial charge on any atom is 0.419 e. The van der Waals surface area contributed by atoms with Crippen molar-refractivity contribution in [3.8, 4) is 11.5 Å². The molecule has 2 aromatic carbocycles. The maximum absolute atomic E-state index is 13.2. The number of aldehydes is 1. The van der Waals surface area contributed by atoms with E-state index >= 15 is 0 Å². The number of rotatable bonds is 6. The number of benzene rings is 2. The van der Waals surface area contributed by atoms with Gasteiger partial charge in [-0.1, -0.05) is 6.07 Å². The van der Waals surface area contributed by atoms with Crippen LogP contribution in [0, 0.1) is 5.82 Å². The van der Waals surface area contributed by atoms with Gasteiger partial charge in [0.05, 0.1) is 5.56 Å². The van der Waals surface area contributed by atoms with Crippen LogP contribution in [0.1, 0.15) is 21.5 Å². The summed E-state index contributed by atoms with van der Waals surface area (Å²) in [6, 6.07) is 5.60. The minimum atomic E-state index is -4.89. The van der Waals surface area contributed by atoms with Gasteiger partial charge in [-0.2, -0.15) is 22.0 Å². The fourth-order valence-electron chi connectivity index (χ4n) is 1.94. The Kier molecular flexibility index (Phi) is 5.55. The van der Waals surface area contributed by atoms with Crippen LogP contribution in [0.15, 0.2) is 36.4 Å². The Morgan fingerprint density at radius 1 is 1.04 bits per heavy atom. The highest BCUT2D eigenvalue weighted by Gasteiger charge is 2.34. The molecule has 134 valence electrons. The first-order chi connectivity index (χ1) is 11.7. The van der Waals surface area contributed by atoms with Crippen LogP contribution in [0.4, 0.5) is 26.3 Å². The third-order valence-electron chi connectivity index (χ3n) is 3.05. The van der Waals surface area contributed by atoms with Gasteiger partial charge in [0.15, 0.2) is 11.5 Å². The second kappa shape index (κ2) is 7.45. The largest absolute Gasteiger partial charge is 0.485 e. The molecule has 2 aromatic rings. The van der Waals surface area contributed by atoms with Crippen molar-refractivity contribution in [2.45, 2.75) is 19.4 Å². The first kappa shape index (κ1) is 18.6. The van der Waals surface area contributed by atoms with Crippen LogP contribution in [-0.2, 0) is 12.8 Å². The third-order valence-corrected chi connectivity index (χ3v) is 3.05. The second-order valence-corrected chi connectivity index (χ2v) is 4.80. The highest BCUT2D eigenvalue weighted by Crippen LogP contribution is 2.33. The second-order valence-electron chi connectivity index (χ2n) is 4.80. The van der Waals surface area contributed by atoms with Crippen LogP contribution < -0.4 is 9.47 Å². The number of alkyl halides is 5. The molecule has 2 rings (SSSR count). The summed E-state index contributed by atoms with van der Waals surface area (Å²) >= 11 is 0. The van der Waals surface area contributed by atoms with Crippen LogP contribution in [0.2, 0.25) is 0 Å². The summed E-state index contributed by atoms with van der Waals surface area (Å²) in [4.78, 5) is 10.7. The molecule has 0 saturated heterocycles. The first-order valence-corrected chi connectivity index (χ1v) is 6.73. The summed E-state index contributed by atoms with van der Waals surface area (Å²) in [5.74, 6) is -2.09. The van der Waals surface area contributed by atoms with Crippen molar-refractivity contribution in [2.24, 2.45) is 0 Å². The van der Waals surface area contributed by atoms with Crippen LogP contribution in [0.25, 0.3) is 0 Å². The van der Waals surface area contributed by atoms with Gasteiger partial charge < -0.3 is 9.47 Å². The number of hydrogen-bond acceptors (Lipinski definition) is 3. The van der Waals surface area contributed by atoms with E-state index < -0.39 is 36.5 Å². The Balaban J connectivity index is 2.25. The lowest BCUT2D eigenvalue weighted by atomic mass is 10.1. The van der Waals surface area contributed by atoms with Gasteiger partial charge >= 0.3 is 12.8 Å². The molecule has 3 nitrogen and oxygen atoms in total. The fraction of sp³-hybridized carbons (Fsp3) is 0.188. The Hall–Kier alpha value is -2.71. The minimum Gasteiger partial charge on any atom is -0.485 e. The number of carbonyl (C=O) groups excluding carboxylic acids is 1. The predicted molar refractivity (Wildman–Crippen MR) is 74.2 cm³/mol. The molecule has 0 fully saturated rings. The van der Waals surface area contributed by atoms with Crippen molar-refractivity contribution in [3.63, 3.8) is 0 Å². The van der Waals surface area contributed by atoms with E-state index in [9.17, 15) is 31.1 Å². The molecular formula is C16H10F6O3. The molecule has 0 radical (unpaired) electrons. The predicted octanol–water partition coefficient (Wildman–Crippen LogP) is 4.84. The van der Waals surface area contributed by atoms with Gasteiger partial charge in [0.1, 0.15) is 18.7 Å². The van der Waals surface area contributed by atoms with Gasteiger partial charge in [-0.3, -0.25) is 4.79 Å². The molecular weight excluding hydrogens is 354 g/mol. The molecule has 0 unspecified atom stereocenters. The molecule has 0 saturated carbocycles. The molecule has 9 heteroatoms. The summed E-state index contributed by atoms with van der Waals surface area (Å²) < 4.78 is 85.4. The fourth-order valence-corrected chi connectivity index (χ4v) is 1.94. The maximum atomic E-state index is 13.2. The van der Waals surface area contributed by atoms with Crippen molar-refractivity contribution in [3.05, 3.63) is 58.9 Å². The van der Waals surface area contributed by atoms with Gasteiger partial charge in [0.2, 0.25) is 0 Å². The van der Waals surface area contributed by atoms with E-state index in [1.54, 1.807) is 0 Å². The number of halogens is 6. The third kappa shape index (κ3) is 4.88. The highest BCUT2D eigenvalue weighted by atomic mass is 19.4. The number of hydrogen-bond donors (Lipinski definition) is 0. The Labute approximate surface area is 137 Å². The van der Waals surface area contributed by atoms with Crippen molar-refractivity contribution in [2.75, 3.05) is 0 Å². The molecule has 0 N–H and O–H groups in total. The summed E-state index contributed by atoms with van der Waals surface area (Å²) in [5, 5.41) is 0. The van der Waals surface area contributed by atoms with Gasteiger partial charge in [-0.15, -0.1) is 0 Å². The van der Waals surface area contributed by atoms with Crippen molar-refractivity contribution < 1.29 is 40.6 Å². The van der Waals surface area contributed by atoms with Crippen molar-refractivity contribution >= 4 is 6.29 Å². The van der Waals surface area contributed by atoms with Crippen LogP contribution >= 0.6 is 0 Å². The molecule has 0 aliphatic rings. The lowest BCUT2D eigenvalue weighted by molar-refractivity contribution is -0.140. The summed E-state index contributed by atoms with van der Waals surface area (Å²) in [7, 11) is 0. The average Bonchev–Trinajstić information content (AvgIpc) is 2.53. The quantitative estimate of drug-likeness (QED) is 0.544. The van der Waals surface area contributed by atoms with Crippen molar-refractivity contribution in [1.82, 2.24) is 0 Å². The molecule has 0 spiro atoms. The van der Waals surface area contributed by atoms with Crippen LogP contribution in [0.3, 0.4) is 0 Å². The van der Waals surface area contributed by atoms with Crippen molar-refractivity contribution in [1.29, 1.82) is 0 Å². The minimum absolute atomic E-state index is 0.0479. The van der Waals surface area contributed by atoms with E-state index in [-0.39, 0.29) is 16.9 Å². The molecule has 0 bridgehead atoms. The molecule has 0 amide bonds. The monoisotopic (exact) mass is 364 g/mol. The molecule has 0 aromatic heterocycles. The molecule has 0 atom stereocenters. The zero-order valence-electron chi connectivity index (χ0n) is 12.3. The lowest BCUT2D eigenvalue weighted by Crippen LogP contribution is -2.10. The standard InChI is InChI=1S/C16H10F6O3/c17-12-3-1-10(5-11(12)16(20,21)22)8-24-14-6-9(7-23)2-4-13(14)25-15(18)19/h1-7,15H,8H2. The average molecular weight is 364 g/mol. The number of carbonyl (C=O) groups is 1. The normalized spacial score (nSPS) is 11.5. The Morgan fingerprint density at radius 3 is 2.36 bits per heavy atom. The number of ether oxygens (including phenoxy) is 2. The van der Waals surface area contributed by atoms with E-state index in [2.05, 4.69) is 4.74 Å². The smallest absolute Gasteiger partial charge is 0.419 e. The lowest BCUT2D eigenvalue weighted by Gasteiger charge is -2.14. The molecule has 0 aliphatic heterocycles. The van der Waals surface area contributed by atoms with Gasteiger partial charge in [0.25, 0.3) is 0 Å². The molecule has 0 aliphatic carbocycles. The highest BCUT2D eigenvalue weighted by molar-refractivity contribution is 5.76. The summed E-state index contributed by atoms with van der Waals surface area (Å²) in [5.41, 5.74) is -1.43.